The van der Waals surface area contributed by atoms with Crippen molar-refractivity contribution in [1.29, 1.82) is 0 Å². The summed E-state index contributed by atoms with van der Waals surface area (Å²) in [7, 11) is 0. The van der Waals surface area contributed by atoms with E-state index in [2.05, 4.69) is 35.3 Å². The van der Waals surface area contributed by atoms with E-state index in [1.165, 1.54) is 0 Å². The Balaban J connectivity index is 1.36. The van der Waals surface area contributed by atoms with Crippen LogP contribution in [0.5, 0.6) is 0 Å². The molecule has 1 atom stereocenters. The first kappa shape index (κ1) is 23.4. The number of hydrogen-bond donors (Lipinski definition) is 1. The third-order valence-electron chi connectivity index (χ3n) is 7.04. The van der Waals surface area contributed by atoms with Crippen LogP contribution in [-0.4, -0.2) is 64.1 Å². The highest BCUT2D eigenvalue weighted by Gasteiger charge is 2.32. The second kappa shape index (κ2) is 10.1. The van der Waals surface area contributed by atoms with E-state index in [0.717, 1.165) is 54.3 Å². The molecule has 0 spiro atoms. The lowest BCUT2D eigenvalue weighted by Crippen LogP contribution is -2.50. The summed E-state index contributed by atoms with van der Waals surface area (Å²) in [5.74, 6) is 2.03. The highest BCUT2D eigenvalue weighted by Crippen LogP contribution is 2.27. The Morgan fingerprint density at radius 2 is 1.97 bits per heavy atom. The van der Waals surface area contributed by atoms with Crippen LogP contribution in [0.4, 0.5) is 0 Å². The fourth-order valence-electron chi connectivity index (χ4n) is 4.99. The Morgan fingerprint density at radius 1 is 1.14 bits per heavy atom. The number of rotatable bonds is 7. The van der Waals surface area contributed by atoms with E-state index in [0.29, 0.717) is 37.8 Å². The molecule has 1 fully saturated rings. The SMILES string of the molecule is Cc1ccc(C(C)CCN2CCc3c(c(C(=O)N4CCNC(=O)C4)nn3Cc3ccccc3)C2)o1. The van der Waals surface area contributed by atoms with Gasteiger partial charge in [-0.2, -0.15) is 5.10 Å². The minimum Gasteiger partial charge on any atom is -0.466 e. The first-order valence-corrected chi connectivity index (χ1v) is 12.4. The zero-order valence-corrected chi connectivity index (χ0v) is 20.5. The van der Waals surface area contributed by atoms with Gasteiger partial charge in [0.15, 0.2) is 5.69 Å². The lowest BCUT2D eigenvalue weighted by molar-refractivity contribution is -0.123. The van der Waals surface area contributed by atoms with Crippen LogP contribution in [0.1, 0.15) is 58.1 Å². The number of amides is 2. The van der Waals surface area contributed by atoms with Crippen LogP contribution >= 0.6 is 0 Å². The molecule has 1 N–H and O–H groups in total. The summed E-state index contributed by atoms with van der Waals surface area (Å²) in [5.41, 5.74) is 3.78. The number of nitrogens with one attached hydrogen (secondary N) is 1. The van der Waals surface area contributed by atoms with E-state index in [9.17, 15) is 9.59 Å². The van der Waals surface area contributed by atoms with E-state index >= 15 is 0 Å². The maximum absolute atomic E-state index is 13.5. The molecule has 2 aliphatic rings. The van der Waals surface area contributed by atoms with Crippen LogP contribution in [0, 0.1) is 6.92 Å². The van der Waals surface area contributed by atoms with Crippen LogP contribution in [0.3, 0.4) is 0 Å². The number of furan rings is 1. The molecule has 2 amide bonds. The predicted octanol–water partition coefficient (Wildman–Crippen LogP) is 2.96. The summed E-state index contributed by atoms with van der Waals surface area (Å²) in [6.45, 7) is 8.41. The zero-order chi connectivity index (χ0) is 24.4. The highest BCUT2D eigenvalue weighted by molar-refractivity contribution is 5.97. The highest BCUT2D eigenvalue weighted by atomic mass is 16.3. The summed E-state index contributed by atoms with van der Waals surface area (Å²) in [6, 6.07) is 14.3. The maximum Gasteiger partial charge on any atom is 0.275 e. The molecule has 5 rings (SSSR count). The van der Waals surface area contributed by atoms with E-state index in [4.69, 9.17) is 9.52 Å². The summed E-state index contributed by atoms with van der Waals surface area (Å²) < 4.78 is 7.81. The smallest absolute Gasteiger partial charge is 0.275 e. The molecule has 1 unspecified atom stereocenters. The molecule has 2 aliphatic heterocycles. The molecule has 0 aliphatic carbocycles. The van der Waals surface area contributed by atoms with E-state index in [1.807, 2.05) is 35.9 Å². The Labute approximate surface area is 205 Å². The van der Waals surface area contributed by atoms with Crippen molar-refractivity contribution in [2.45, 2.75) is 45.7 Å². The molecule has 0 bridgehead atoms. The second-order valence-corrected chi connectivity index (χ2v) is 9.66. The minimum absolute atomic E-state index is 0.0863. The largest absolute Gasteiger partial charge is 0.466 e. The zero-order valence-electron chi connectivity index (χ0n) is 20.5. The Hall–Kier alpha value is -3.39. The van der Waals surface area contributed by atoms with Gasteiger partial charge in [-0.3, -0.25) is 19.2 Å². The molecule has 0 saturated carbocycles. The van der Waals surface area contributed by atoms with E-state index < -0.39 is 0 Å². The molecular weight excluding hydrogens is 442 g/mol. The van der Waals surface area contributed by atoms with Crippen LogP contribution in [0.2, 0.25) is 0 Å². The average Bonchev–Trinajstić information content (AvgIpc) is 3.46. The fourth-order valence-corrected chi connectivity index (χ4v) is 4.99. The Morgan fingerprint density at radius 3 is 2.71 bits per heavy atom. The molecule has 0 radical (unpaired) electrons. The minimum atomic E-state index is -0.149. The van der Waals surface area contributed by atoms with Gasteiger partial charge < -0.3 is 14.6 Å². The fraction of sp³-hybridized carbons (Fsp3) is 0.444. The number of aromatic nitrogens is 2. The van der Waals surface area contributed by atoms with Crippen molar-refractivity contribution in [1.82, 2.24) is 24.9 Å². The van der Waals surface area contributed by atoms with Crippen LogP contribution < -0.4 is 5.32 Å². The van der Waals surface area contributed by atoms with Gasteiger partial charge in [0.25, 0.3) is 5.91 Å². The standard InChI is InChI=1S/C27H33N5O3/c1-19(24-9-8-20(2)35-24)10-13-30-14-11-23-22(17-30)26(27(34)31-15-12-28-25(33)18-31)29-32(23)16-21-6-4-3-5-7-21/h3-9,19H,10-18H2,1-2H3,(H,28,33). The van der Waals surface area contributed by atoms with Gasteiger partial charge in [0, 0.05) is 49.8 Å². The predicted molar refractivity (Wildman–Crippen MR) is 132 cm³/mol. The van der Waals surface area contributed by atoms with Crippen molar-refractivity contribution in [3.63, 3.8) is 0 Å². The molecular formula is C27H33N5O3. The molecule has 8 heteroatoms. The number of piperazine rings is 1. The molecule has 2 aromatic heterocycles. The van der Waals surface area contributed by atoms with Gasteiger partial charge in [0.2, 0.25) is 5.91 Å². The first-order chi connectivity index (χ1) is 17.0. The first-order valence-electron chi connectivity index (χ1n) is 12.4. The Kier molecular flexibility index (Phi) is 6.72. The number of carbonyl (C=O) groups excluding carboxylic acids is 2. The van der Waals surface area contributed by atoms with Crippen molar-refractivity contribution < 1.29 is 14.0 Å². The lowest BCUT2D eigenvalue weighted by Gasteiger charge is -2.29. The van der Waals surface area contributed by atoms with Crippen molar-refractivity contribution >= 4 is 11.8 Å². The van der Waals surface area contributed by atoms with Crippen molar-refractivity contribution in [3.8, 4) is 0 Å². The number of fused-ring (bicyclic) bond motifs is 1. The molecule has 184 valence electrons. The molecule has 3 aromatic rings. The third-order valence-corrected chi connectivity index (χ3v) is 7.04. The summed E-state index contributed by atoms with van der Waals surface area (Å²) in [6.07, 6.45) is 1.83. The van der Waals surface area contributed by atoms with Gasteiger partial charge in [-0.15, -0.1) is 0 Å². The van der Waals surface area contributed by atoms with Crippen molar-refractivity contribution in [3.05, 3.63) is 76.5 Å². The summed E-state index contributed by atoms with van der Waals surface area (Å²) >= 11 is 0. The molecule has 1 aromatic carbocycles. The van der Waals surface area contributed by atoms with Crippen LogP contribution in [-0.2, 0) is 24.3 Å². The number of benzene rings is 1. The average molecular weight is 476 g/mol. The van der Waals surface area contributed by atoms with Gasteiger partial charge in [-0.25, -0.2) is 0 Å². The maximum atomic E-state index is 13.5. The van der Waals surface area contributed by atoms with E-state index in [1.54, 1.807) is 4.90 Å². The lowest BCUT2D eigenvalue weighted by atomic mass is 10.0. The topological polar surface area (TPSA) is 83.6 Å². The quantitative estimate of drug-likeness (QED) is 0.568. The summed E-state index contributed by atoms with van der Waals surface area (Å²) in [4.78, 5) is 29.4. The third kappa shape index (κ3) is 5.17. The molecule has 35 heavy (non-hydrogen) atoms. The van der Waals surface area contributed by atoms with Gasteiger partial charge in [0.1, 0.15) is 11.5 Å². The van der Waals surface area contributed by atoms with E-state index in [-0.39, 0.29) is 18.4 Å². The van der Waals surface area contributed by atoms with Gasteiger partial charge in [0.05, 0.1) is 13.1 Å². The van der Waals surface area contributed by atoms with Gasteiger partial charge >= 0.3 is 0 Å². The number of aryl methyl sites for hydroxylation is 1. The Bertz CT molecular complexity index is 1200. The molecule has 8 nitrogen and oxygen atoms in total. The van der Waals surface area contributed by atoms with Crippen molar-refractivity contribution in [2.24, 2.45) is 0 Å². The second-order valence-electron chi connectivity index (χ2n) is 9.66. The molecule has 4 heterocycles. The van der Waals surface area contributed by atoms with Gasteiger partial charge in [-0.1, -0.05) is 37.3 Å². The normalized spacial score (nSPS) is 17.2. The van der Waals surface area contributed by atoms with Crippen LogP contribution in [0.25, 0.3) is 0 Å². The number of carbonyl (C=O) groups is 2. The number of nitrogens with zero attached hydrogens (tertiary/aromatic N) is 4. The number of hydrogen-bond acceptors (Lipinski definition) is 5. The molecule has 1 saturated heterocycles. The van der Waals surface area contributed by atoms with Gasteiger partial charge in [-0.05, 0) is 37.6 Å². The van der Waals surface area contributed by atoms with Crippen LogP contribution in [0.15, 0.2) is 46.9 Å². The van der Waals surface area contributed by atoms with Crippen molar-refractivity contribution in [2.75, 3.05) is 32.7 Å². The summed E-state index contributed by atoms with van der Waals surface area (Å²) in [5, 5.41) is 7.61. The monoisotopic (exact) mass is 475 g/mol.